The Morgan fingerprint density at radius 3 is 2.43 bits per heavy atom. The predicted molar refractivity (Wildman–Crippen MR) is 120 cm³/mol. The van der Waals surface area contributed by atoms with E-state index in [-0.39, 0.29) is 18.0 Å². The number of fused-ring (bicyclic) bond motifs is 3. The van der Waals surface area contributed by atoms with Crippen molar-refractivity contribution in [1.29, 1.82) is 0 Å². The maximum Gasteiger partial charge on any atom is 0.328 e. The number of hydrogen-bond donors (Lipinski definition) is 0. The first-order chi connectivity index (χ1) is 14.3. The molecule has 0 N–H and O–H groups in total. The van der Waals surface area contributed by atoms with Gasteiger partial charge in [-0.15, -0.1) is 0 Å². The molecule has 1 saturated heterocycles. The van der Waals surface area contributed by atoms with Crippen molar-refractivity contribution in [2.24, 2.45) is 0 Å². The van der Waals surface area contributed by atoms with Gasteiger partial charge < -0.3 is 19.3 Å². The molecule has 0 radical (unpaired) electrons. The second kappa shape index (κ2) is 7.80. The minimum absolute atomic E-state index is 0.0731. The standard InChI is InChI=1S/C23H31N5O2/c1-16(2)27-18-10-7-6-9-17(18)21-19(27)15-20(28(21)23(30)24(3)4)22(29)26-12-8-11-25(5)13-14-26/h6-7,9-10,15-16H,8,11-14H2,1-5H3. The molecule has 1 aliphatic rings. The number of benzene rings is 1. The molecule has 3 heterocycles. The highest BCUT2D eigenvalue weighted by molar-refractivity contribution is 6.14. The van der Waals surface area contributed by atoms with E-state index in [1.54, 1.807) is 18.7 Å². The Labute approximate surface area is 177 Å². The van der Waals surface area contributed by atoms with Gasteiger partial charge in [-0.2, -0.15) is 0 Å². The molecule has 160 valence electrons. The molecule has 2 amide bonds. The van der Waals surface area contributed by atoms with Gasteiger partial charge in [-0.05, 0) is 46.0 Å². The average Bonchev–Trinajstić information content (AvgIpc) is 3.14. The number of para-hydroxylation sites is 1. The molecule has 0 unspecified atom stereocenters. The molecule has 0 atom stereocenters. The smallest absolute Gasteiger partial charge is 0.328 e. The van der Waals surface area contributed by atoms with Crippen LogP contribution in [0.5, 0.6) is 0 Å². The summed E-state index contributed by atoms with van der Waals surface area (Å²) < 4.78 is 3.84. The highest BCUT2D eigenvalue weighted by atomic mass is 16.2. The molecule has 1 aromatic carbocycles. The van der Waals surface area contributed by atoms with Crippen molar-refractivity contribution in [3.05, 3.63) is 36.0 Å². The fourth-order valence-electron chi connectivity index (χ4n) is 4.48. The number of carbonyl (C=O) groups excluding carboxylic acids is 2. The van der Waals surface area contributed by atoms with E-state index in [2.05, 4.69) is 36.4 Å². The predicted octanol–water partition coefficient (Wildman–Crippen LogP) is 3.48. The molecule has 2 aromatic heterocycles. The molecular formula is C23H31N5O2. The van der Waals surface area contributed by atoms with Crippen LogP contribution in [0.1, 0.15) is 36.8 Å². The van der Waals surface area contributed by atoms with Gasteiger partial charge in [0.1, 0.15) is 5.69 Å². The monoisotopic (exact) mass is 409 g/mol. The van der Waals surface area contributed by atoms with E-state index >= 15 is 0 Å². The third kappa shape index (κ3) is 3.27. The molecule has 7 nitrogen and oxygen atoms in total. The van der Waals surface area contributed by atoms with Crippen molar-refractivity contribution in [3.8, 4) is 0 Å². The molecule has 0 bridgehead atoms. The normalized spacial score (nSPS) is 15.9. The van der Waals surface area contributed by atoms with E-state index in [9.17, 15) is 9.59 Å². The van der Waals surface area contributed by atoms with Crippen LogP contribution in [-0.2, 0) is 0 Å². The Balaban J connectivity index is 1.95. The Bertz CT molecular complexity index is 1110. The Hall–Kier alpha value is -2.80. The molecule has 0 saturated carbocycles. The van der Waals surface area contributed by atoms with Gasteiger partial charge in [0.15, 0.2) is 0 Å². The number of amides is 2. The summed E-state index contributed by atoms with van der Waals surface area (Å²) in [5.74, 6) is -0.0731. The van der Waals surface area contributed by atoms with E-state index in [0.29, 0.717) is 18.8 Å². The minimum atomic E-state index is -0.202. The van der Waals surface area contributed by atoms with Crippen LogP contribution in [0.4, 0.5) is 4.79 Å². The van der Waals surface area contributed by atoms with Crippen LogP contribution in [0.25, 0.3) is 21.9 Å². The molecule has 1 aliphatic heterocycles. The summed E-state index contributed by atoms with van der Waals surface area (Å²) >= 11 is 0. The van der Waals surface area contributed by atoms with Crippen LogP contribution in [0, 0.1) is 0 Å². The first-order valence-electron chi connectivity index (χ1n) is 10.6. The van der Waals surface area contributed by atoms with Crippen molar-refractivity contribution in [3.63, 3.8) is 0 Å². The van der Waals surface area contributed by atoms with Crippen LogP contribution >= 0.6 is 0 Å². The van der Waals surface area contributed by atoms with Gasteiger partial charge in [0.2, 0.25) is 0 Å². The molecule has 0 aliphatic carbocycles. The van der Waals surface area contributed by atoms with Crippen molar-refractivity contribution in [1.82, 2.24) is 23.8 Å². The highest BCUT2D eigenvalue weighted by Crippen LogP contribution is 2.35. The molecular weight excluding hydrogens is 378 g/mol. The summed E-state index contributed by atoms with van der Waals surface area (Å²) in [5, 5.41) is 0.992. The molecule has 7 heteroatoms. The Morgan fingerprint density at radius 2 is 1.73 bits per heavy atom. The molecule has 4 rings (SSSR count). The van der Waals surface area contributed by atoms with E-state index in [4.69, 9.17) is 0 Å². The van der Waals surface area contributed by atoms with Gasteiger partial charge in [0, 0.05) is 45.2 Å². The summed E-state index contributed by atoms with van der Waals surface area (Å²) in [6.45, 7) is 7.46. The van der Waals surface area contributed by atoms with Crippen LogP contribution in [0.3, 0.4) is 0 Å². The highest BCUT2D eigenvalue weighted by Gasteiger charge is 2.29. The zero-order chi connectivity index (χ0) is 21.6. The summed E-state index contributed by atoms with van der Waals surface area (Å²) in [4.78, 5) is 32.5. The summed E-state index contributed by atoms with van der Waals surface area (Å²) in [6, 6.07) is 10.0. The second-order valence-corrected chi connectivity index (χ2v) is 8.71. The number of carbonyl (C=O) groups is 2. The zero-order valence-electron chi connectivity index (χ0n) is 18.6. The topological polar surface area (TPSA) is 53.7 Å². The first kappa shape index (κ1) is 20.5. The van der Waals surface area contributed by atoms with E-state index < -0.39 is 0 Å². The van der Waals surface area contributed by atoms with Crippen molar-refractivity contribution >= 4 is 33.9 Å². The van der Waals surface area contributed by atoms with Gasteiger partial charge >= 0.3 is 6.03 Å². The number of aromatic nitrogens is 2. The average molecular weight is 410 g/mol. The van der Waals surface area contributed by atoms with Crippen LogP contribution in [0.15, 0.2) is 30.3 Å². The maximum atomic E-state index is 13.6. The SMILES string of the molecule is CC(C)n1c2ccccc2c2c1cc(C(=O)N1CCCN(C)CC1)n2C(=O)N(C)C. The van der Waals surface area contributed by atoms with Gasteiger partial charge in [-0.3, -0.25) is 9.36 Å². The van der Waals surface area contributed by atoms with Crippen LogP contribution < -0.4 is 0 Å². The van der Waals surface area contributed by atoms with E-state index in [1.807, 2.05) is 29.2 Å². The van der Waals surface area contributed by atoms with E-state index in [0.717, 1.165) is 41.4 Å². The largest absolute Gasteiger partial charge is 0.337 e. The van der Waals surface area contributed by atoms with Crippen molar-refractivity contribution in [2.45, 2.75) is 26.3 Å². The Morgan fingerprint density at radius 1 is 1.00 bits per heavy atom. The first-order valence-corrected chi connectivity index (χ1v) is 10.6. The lowest BCUT2D eigenvalue weighted by Crippen LogP contribution is -2.37. The number of nitrogens with zero attached hydrogens (tertiary/aromatic N) is 5. The maximum absolute atomic E-state index is 13.6. The second-order valence-electron chi connectivity index (χ2n) is 8.71. The van der Waals surface area contributed by atoms with Gasteiger partial charge in [0.25, 0.3) is 5.91 Å². The molecule has 30 heavy (non-hydrogen) atoms. The van der Waals surface area contributed by atoms with Gasteiger partial charge in [-0.25, -0.2) is 4.79 Å². The van der Waals surface area contributed by atoms with Crippen molar-refractivity contribution < 1.29 is 9.59 Å². The Kier molecular flexibility index (Phi) is 5.32. The van der Waals surface area contributed by atoms with Gasteiger partial charge in [-0.1, -0.05) is 18.2 Å². The summed E-state index contributed by atoms with van der Waals surface area (Å²) in [7, 11) is 5.54. The lowest BCUT2D eigenvalue weighted by atomic mass is 10.2. The lowest BCUT2D eigenvalue weighted by molar-refractivity contribution is 0.0753. The zero-order valence-corrected chi connectivity index (χ0v) is 18.6. The molecule has 1 fully saturated rings. The molecule has 0 spiro atoms. The fourth-order valence-corrected chi connectivity index (χ4v) is 4.48. The van der Waals surface area contributed by atoms with Crippen LogP contribution in [0.2, 0.25) is 0 Å². The fraction of sp³-hybridized carbons (Fsp3) is 0.478. The minimum Gasteiger partial charge on any atom is -0.337 e. The number of likely N-dealkylation sites (N-methyl/N-ethyl adjacent to an activating group) is 1. The number of hydrogen-bond acceptors (Lipinski definition) is 3. The van der Waals surface area contributed by atoms with Crippen molar-refractivity contribution in [2.75, 3.05) is 47.3 Å². The van der Waals surface area contributed by atoms with E-state index in [1.165, 1.54) is 4.90 Å². The number of rotatable bonds is 2. The quantitative estimate of drug-likeness (QED) is 0.651. The third-order valence-corrected chi connectivity index (χ3v) is 5.97. The third-order valence-electron chi connectivity index (χ3n) is 5.97. The van der Waals surface area contributed by atoms with Gasteiger partial charge in [0.05, 0.1) is 16.6 Å². The summed E-state index contributed by atoms with van der Waals surface area (Å²) in [5.41, 5.74) is 3.27. The summed E-state index contributed by atoms with van der Waals surface area (Å²) in [6.07, 6.45) is 0.936. The van der Waals surface area contributed by atoms with Crippen LogP contribution in [-0.4, -0.2) is 83.1 Å². The molecule has 3 aromatic rings. The lowest BCUT2D eigenvalue weighted by Gasteiger charge is -2.22.